The first-order valence-corrected chi connectivity index (χ1v) is 9.23. The third-order valence-electron chi connectivity index (χ3n) is 4.95. The summed E-state index contributed by atoms with van der Waals surface area (Å²) >= 11 is 0. The number of hydrogen-bond acceptors (Lipinski definition) is 4. The Morgan fingerprint density at radius 3 is 2.46 bits per heavy atom. The van der Waals surface area contributed by atoms with Crippen LogP contribution < -0.4 is 10.2 Å². The van der Waals surface area contributed by atoms with Crippen LogP contribution in [-0.2, 0) is 9.63 Å². The number of carbonyl (C=O) groups is 1. The predicted octanol–water partition coefficient (Wildman–Crippen LogP) is 4.13. The van der Waals surface area contributed by atoms with Crippen molar-refractivity contribution in [2.75, 3.05) is 23.3 Å². The second-order valence-electron chi connectivity index (χ2n) is 6.80. The summed E-state index contributed by atoms with van der Waals surface area (Å²) < 4.78 is 0. The van der Waals surface area contributed by atoms with Crippen molar-refractivity contribution in [3.05, 3.63) is 60.2 Å². The molecule has 2 heterocycles. The van der Waals surface area contributed by atoms with Gasteiger partial charge >= 0.3 is 0 Å². The summed E-state index contributed by atoms with van der Waals surface area (Å²) in [7, 11) is 0. The van der Waals surface area contributed by atoms with E-state index in [1.807, 2.05) is 42.5 Å². The van der Waals surface area contributed by atoms with Crippen molar-refractivity contribution in [1.29, 1.82) is 0 Å². The van der Waals surface area contributed by atoms with Crippen molar-refractivity contribution in [3.63, 3.8) is 0 Å². The molecule has 1 fully saturated rings. The van der Waals surface area contributed by atoms with Gasteiger partial charge in [0.25, 0.3) is 5.91 Å². The highest BCUT2D eigenvalue weighted by Crippen LogP contribution is 2.27. The molecule has 0 radical (unpaired) electrons. The minimum absolute atomic E-state index is 0.182. The van der Waals surface area contributed by atoms with Gasteiger partial charge < -0.3 is 15.1 Å². The molecule has 1 atom stereocenters. The smallest absolute Gasteiger partial charge is 0.273 e. The molecule has 2 aliphatic rings. The molecular formula is C21H23N3O2. The lowest BCUT2D eigenvalue weighted by Crippen LogP contribution is -2.29. The number of nitrogens with one attached hydrogen (secondary N) is 1. The van der Waals surface area contributed by atoms with E-state index in [4.69, 9.17) is 4.84 Å². The molecule has 0 bridgehead atoms. The molecule has 0 saturated carbocycles. The Kier molecular flexibility index (Phi) is 4.86. The van der Waals surface area contributed by atoms with E-state index in [2.05, 4.69) is 27.5 Å². The first-order valence-electron chi connectivity index (χ1n) is 9.23. The minimum Gasteiger partial charge on any atom is -0.387 e. The minimum atomic E-state index is -0.200. The number of anilines is 2. The van der Waals surface area contributed by atoms with E-state index < -0.39 is 0 Å². The third-order valence-corrected chi connectivity index (χ3v) is 4.95. The topological polar surface area (TPSA) is 53.9 Å². The van der Waals surface area contributed by atoms with Gasteiger partial charge in [-0.05, 0) is 49.1 Å². The van der Waals surface area contributed by atoms with E-state index in [0.717, 1.165) is 24.3 Å². The SMILES string of the molecule is O=C(Nc1ccc(N2CCCCC2)cc1)C1=NOC(c2ccccc2)C1. The monoisotopic (exact) mass is 349 g/mol. The van der Waals surface area contributed by atoms with Crippen LogP contribution in [0, 0.1) is 0 Å². The maximum Gasteiger partial charge on any atom is 0.273 e. The van der Waals surface area contributed by atoms with Crippen LogP contribution in [0.2, 0.25) is 0 Å². The van der Waals surface area contributed by atoms with Crippen molar-refractivity contribution < 1.29 is 9.63 Å². The zero-order chi connectivity index (χ0) is 17.8. The van der Waals surface area contributed by atoms with Crippen LogP contribution in [0.15, 0.2) is 59.8 Å². The summed E-state index contributed by atoms with van der Waals surface area (Å²) in [4.78, 5) is 20.3. The molecule has 1 saturated heterocycles. The summed E-state index contributed by atoms with van der Waals surface area (Å²) in [6.45, 7) is 2.22. The van der Waals surface area contributed by atoms with E-state index in [-0.39, 0.29) is 12.0 Å². The van der Waals surface area contributed by atoms with Crippen molar-refractivity contribution in [2.24, 2.45) is 5.16 Å². The van der Waals surface area contributed by atoms with Crippen molar-refractivity contribution >= 4 is 23.0 Å². The number of hydrogen-bond donors (Lipinski definition) is 1. The molecule has 1 N–H and O–H groups in total. The normalized spacial score (nSPS) is 19.6. The molecule has 1 unspecified atom stereocenters. The van der Waals surface area contributed by atoms with Gasteiger partial charge in [0.15, 0.2) is 6.10 Å². The van der Waals surface area contributed by atoms with Crippen LogP contribution in [-0.4, -0.2) is 24.7 Å². The number of carbonyl (C=O) groups excluding carboxylic acids is 1. The fourth-order valence-corrected chi connectivity index (χ4v) is 3.47. The van der Waals surface area contributed by atoms with E-state index in [9.17, 15) is 4.79 Å². The lowest BCUT2D eigenvalue weighted by Gasteiger charge is -2.28. The van der Waals surface area contributed by atoms with Crippen LogP contribution in [0.25, 0.3) is 0 Å². The molecular weight excluding hydrogens is 326 g/mol. The molecule has 2 aromatic carbocycles. The first-order chi connectivity index (χ1) is 12.8. The van der Waals surface area contributed by atoms with Gasteiger partial charge in [-0.1, -0.05) is 35.5 Å². The van der Waals surface area contributed by atoms with Crippen LogP contribution in [0.5, 0.6) is 0 Å². The molecule has 0 aromatic heterocycles. The fraction of sp³-hybridized carbons (Fsp3) is 0.333. The molecule has 2 aliphatic heterocycles. The fourth-order valence-electron chi connectivity index (χ4n) is 3.47. The van der Waals surface area contributed by atoms with Gasteiger partial charge in [-0.25, -0.2) is 0 Å². The van der Waals surface area contributed by atoms with E-state index in [0.29, 0.717) is 12.1 Å². The van der Waals surface area contributed by atoms with Gasteiger partial charge in [0.2, 0.25) is 0 Å². The van der Waals surface area contributed by atoms with E-state index in [1.165, 1.54) is 24.9 Å². The largest absolute Gasteiger partial charge is 0.387 e. The lowest BCUT2D eigenvalue weighted by atomic mass is 10.0. The second kappa shape index (κ2) is 7.60. The Bertz CT molecular complexity index is 781. The average Bonchev–Trinajstić information content (AvgIpc) is 3.20. The molecule has 1 amide bonds. The number of amides is 1. The summed E-state index contributed by atoms with van der Waals surface area (Å²) in [6.07, 6.45) is 4.13. The number of oxime groups is 1. The first kappa shape index (κ1) is 16.6. The molecule has 2 aromatic rings. The highest BCUT2D eigenvalue weighted by Gasteiger charge is 2.27. The van der Waals surface area contributed by atoms with Crippen molar-refractivity contribution in [2.45, 2.75) is 31.8 Å². The Morgan fingerprint density at radius 2 is 1.73 bits per heavy atom. The van der Waals surface area contributed by atoms with E-state index >= 15 is 0 Å². The number of piperidine rings is 1. The quantitative estimate of drug-likeness (QED) is 0.903. The number of nitrogens with zero attached hydrogens (tertiary/aromatic N) is 2. The zero-order valence-corrected chi connectivity index (χ0v) is 14.7. The van der Waals surface area contributed by atoms with Crippen LogP contribution in [0.3, 0.4) is 0 Å². The Balaban J connectivity index is 1.35. The molecule has 4 rings (SSSR count). The van der Waals surface area contributed by atoms with Gasteiger partial charge in [-0.2, -0.15) is 0 Å². The molecule has 134 valence electrons. The summed E-state index contributed by atoms with van der Waals surface area (Å²) in [5, 5.41) is 6.89. The zero-order valence-electron chi connectivity index (χ0n) is 14.7. The van der Waals surface area contributed by atoms with E-state index in [1.54, 1.807) is 0 Å². The second-order valence-corrected chi connectivity index (χ2v) is 6.80. The van der Waals surface area contributed by atoms with Gasteiger partial charge in [0.1, 0.15) is 5.71 Å². The van der Waals surface area contributed by atoms with Crippen molar-refractivity contribution in [1.82, 2.24) is 0 Å². The third kappa shape index (κ3) is 3.72. The molecule has 26 heavy (non-hydrogen) atoms. The Hall–Kier alpha value is -2.82. The summed E-state index contributed by atoms with van der Waals surface area (Å²) in [5.74, 6) is -0.200. The maximum absolute atomic E-state index is 12.4. The number of benzene rings is 2. The Labute approximate surface area is 153 Å². The van der Waals surface area contributed by atoms with Crippen LogP contribution in [0.1, 0.15) is 37.4 Å². The molecule has 5 heteroatoms. The standard InChI is InChI=1S/C21H23N3O2/c25-21(19-15-20(26-23-19)16-7-3-1-4-8-16)22-17-9-11-18(12-10-17)24-13-5-2-6-14-24/h1,3-4,7-12,20H,2,5-6,13-15H2,(H,22,25). The Morgan fingerprint density at radius 1 is 1.00 bits per heavy atom. The summed E-state index contributed by atoms with van der Waals surface area (Å²) in [5.41, 5.74) is 3.46. The molecule has 5 nitrogen and oxygen atoms in total. The lowest BCUT2D eigenvalue weighted by molar-refractivity contribution is -0.110. The van der Waals surface area contributed by atoms with Gasteiger partial charge in [0.05, 0.1) is 0 Å². The predicted molar refractivity (Wildman–Crippen MR) is 103 cm³/mol. The van der Waals surface area contributed by atoms with Gasteiger partial charge in [0, 0.05) is 30.9 Å². The maximum atomic E-state index is 12.4. The van der Waals surface area contributed by atoms with Crippen molar-refractivity contribution in [3.8, 4) is 0 Å². The van der Waals surface area contributed by atoms with Crippen LogP contribution in [0.4, 0.5) is 11.4 Å². The average molecular weight is 349 g/mol. The molecule has 0 spiro atoms. The van der Waals surface area contributed by atoms with Crippen LogP contribution >= 0.6 is 0 Å². The van der Waals surface area contributed by atoms with Gasteiger partial charge in [-0.15, -0.1) is 0 Å². The number of rotatable bonds is 4. The summed E-state index contributed by atoms with van der Waals surface area (Å²) in [6, 6.07) is 17.9. The van der Waals surface area contributed by atoms with Gasteiger partial charge in [-0.3, -0.25) is 4.79 Å². The highest BCUT2D eigenvalue weighted by atomic mass is 16.6. The molecule has 0 aliphatic carbocycles. The highest BCUT2D eigenvalue weighted by molar-refractivity contribution is 6.43.